The van der Waals surface area contributed by atoms with Gasteiger partial charge in [0.2, 0.25) is 5.91 Å². The van der Waals surface area contributed by atoms with Crippen LogP contribution in [0.5, 0.6) is 5.75 Å². The number of hydrogen-bond donors (Lipinski definition) is 1. The maximum absolute atomic E-state index is 13.6. The zero-order valence-electron chi connectivity index (χ0n) is 17.6. The Balaban J connectivity index is 1.98. The Bertz CT molecular complexity index is 995. The molecule has 0 saturated heterocycles. The fraction of sp³-hybridized carbons (Fsp3) is 0.360. The van der Waals surface area contributed by atoms with Crippen LogP contribution in [-0.2, 0) is 9.59 Å². The molecule has 1 amide bonds. The quantitative estimate of drug-likeness (QED) is 0.726. The largest absolute Gasteiger partial charge is 0.496 e. The van der Waals surface area contributed by atoms with Crippen LogP contribution in [0.25, 0.3) is 0 Å². The van der Waals surface area contributed by atoms with Crippen LogP contribution in [0, 0.1) is 0 Å². The molecule has 4 rings (SSSR count). The molecule has 5 heteroatoms. The molecule has 2 aromatic rings. The lowest BCUT2D eigenvalue weighted by Gasteiger charge is -2.34. The molecule has 0 radical (unpaired) electrons. The van der Waals surface area contributed by atoms with Gasteiger partial charge in [0.1, 0.15) is 5.75 Å². The summed E-state index contributed by atoms with van der Waals surface area (Å²) in [5.74, 6) is 0.801. The Morgan fingerprint density at radius 3 is 2.70 bits per heavy atom. The number of ether oxygens (including phenoxy) is 1. The number of hydrogen-bond acceptors (Lipinski definition) is 4. The number of anilines is 2. The maximum atomic E-state index is 13.6. The van der Waals surface area contributed by atoms with E-state index in [-0.39, 0.29) is 11.7 Å². The van der Waals surface area contributed by atoms with Gasteiger partial charge in [-0.05, 0) is 37.5 Å². The second-order valence-corrected chi connectivity index (χ2v) is 7.82. The molecule has 1 N–H and O–H groups in total. The first-order valence-corrected chi connectivity index (χ1v) is 10.7. The normalized spacial score (nSPS) is 18.3. The van der Waals surface area contributed by atoms with E-state index in [0.717, 1.165) is 48.3 Å². The minimum Gasteiger partial charge on any atom is -0.496 e. The van der Waals surface area contributed by atoms with E-state index in [9.17, 15) is 9.59 Å². The number of methoxy groups -OCH3 is 1. The van der Waals surface area contributed by atoms with Crippen LogP contribution in [0.2, 0.25) is 0 Å². The second kappa shape index (κ2) is 8.74. The zero-order chi connectivity index (χ0) is 21.1. The molecule has 0 bridgehead atoms. The fourth-order valence-corrected chi connectivity index (χ4v) is 4.44. The lowest BCUT2D eigenvalue weighted by atomic mass is 9.85. The lowest BCUT2D eigenvalue weighted by Crippen LogP contribution is -2.38. The number of nitrogens with one attached hydrogen (secondary N) is 1. The van der Waals surface area contributed by atoms with Gasteiger partial charge in [-0.15, -0.1) is 0 Å². The highest BCUT2D eigenvalue weighted by molar-refractivity contribution is 6.06. The minimum absolute atomic E-state index is 0.0223. The highest BCUT2D eigenvalue weighted by Gasteiger charge is 2.40. The van der Waals surface area contributed by atoms with Gasteiger partial charge in [0.05, 0.1) is 24.5 Å². The second-order valence-electron chi connectivity index (χ2n) is 7.82. The zero-order valence-corrected chi connectivity index (χ0v) is 17.6. The number of amides is 1. The van der Waals surface area contributed by atoms with Crippen molar-refractivity contribution in [2.45, 2.75) is 51.5 Å². The molecule has 0 saturated carbocycles. The number of allylic oxidation sites excluding steroid dienone is 1. The summed E-state index contributed by atoms with van der Waals surface area (Å²) < 4.78 is 5.66. The minimum atomic E-state index is -0.510. The third-order valence-corrected chi connectivity index (χ3v) is 5.88. The van der Waals surface area contributed by atoms with Crippen molar-refractivity contribution in [2.75, 3.05) is 17.3 Å². The molecular formula is C25H28N2O3. The first-order valence-electron chi connectivity index (χ1n) is 10.7. The fourth-order valence-electron chi connectivity index (χ4n) is 4.44. The molecule has 1 heterocycles. The molecule has 0 spiro atoms. The van der Waals surface area contributed by atoms with Gasteiger partial charge >= 0.3 is 0 Å². The van der Waals surface area contributed by atoms with E-state index in [1.54, 1.807) is 7.11 Å². The van der Waals surface area contributed by atoms with Crippen molar-refractivity contribution in [3.05, 3.63) is 65.4 Å². The van der Waals surface area contributed by atoms with Gasteiger partial charge in [0, 0.05) is 29.7 Å². The van der Waals surface area contributed by atoms with Crippen LogP contribution in [0.1, 0.15) is 57.1 Å². The summed E-state index contributed by atoms with van der Waals surface area (Å²) in [5, 5.41) is 3.49. The third kappa shape index (κ3) is 3.60. The monoisotopic (exact) mass is 404 g/mol. The Labute approximate surface area is 177 Å². The van der Waals surface area contributed by atoms with E-state index < -0.39 is 6.04 Å². The molecule has 1 aliphatic carbocycles. The summed E-state index contributed by atoms with van der Waals surface area (Å²) in [7, 11) is 1.63. The summed E-state index contributed by atoms with van der Waals surface area (Å²) in [6.45, 7) is 2.08. The van der Waals surface area contributed by atoms with Crippen molar-refractivity contribution in [1.29, 1.82) is 0 Å². The molecular weight excluding hydrogens is 376 g/mol. The highest BCUT2D eigenvalue weighted by Crippen LogP contribution is 2.46. The highest BCUT2D eigenvalue weighted by atomic mass is 16.5. The average Bonchev–Trinajstić information content (AvgIpc) is 2.92. The number of ketones is 1. The molecule has 5 nitrogen and oxygen atoms in total. The van der Waals surface area contributed by atoms with E-state index >= 15 is 0 Å². The summed E-state index contributed by atoms with van der Waals surface area (Å²) >= 11 is 0. The lowest BCUT2D eigenvalue weighted by molar-refractivity contribution is -0.119. The predicted octanol–water partition coefficient (Wildman–Crippen LogP) is 5.39. The molecule has 30 heavy (non-hydrogen) atoms. The van der Waals surface area contributed by atoms with Gasteiger partial charge in [-0.1, -0.05) is 43.7 Å². The number of Topliss-reactive ketones (excluding diaryl/α,β-unsaturated/α-hetero) is 1. The summed E-state index contributed by atoms with van der Waals surface area (Å²) in [6, 6.07) is 15.0. The van der Waals surface area contributed by atoms with Crippen molar-refractivity contribution in [3.63, 3.8) is 0 Å². The molecule has 1 aliphatic heterocycles. The maximum Gasteiger partial charge on any atom is 0.227 e. The average molecular weight is 405 g/mol. The van der Waals surface area contributed by atoms with Gasteiger partial charge in [-0.3, -0.25) is 14.5 Å². The first-order chi connectivity index (χ1) is 14.7. The Hall–Kier alpha value is -3.08. The number of benzene rings is 2. The summed E-state index contributed by atoms with van der Waals surface area (Å²) in [5.41, 5.74) is 4.11. The van der Waals surface area contributed by atoms with Crippen molar-refractivity contribution >= 4 is 23.1 Å². The molecule has 2 aliphatic rings. The Morgan fingerprint density at radius 1 is 1.13 bits per heavy atom. The van der Waals surface area contributed by atoms with Gasteiger partial charge in [0.15, 0.2) is 5.78 Å². The van der Waals surface area contributed by atoms with E-state index in [1.165, 1.54) is 0 Å². The van der Waals surface area contributed by atoms with E-state index in [1.807, 2.05) is 53.4 Å². The summed E-state index contributed by atoms with van der Waals surface area (Å²) in [6.07, 6.45) is 4.29. The summed E-state index contributed by atoms with van der Waals surface area (Å²) in [4.78, 5) is 28.6. The van der Waals surface area contributed by atoms with Gasteiger partial charge < -0.3 is 10.1 Å². The Kier molecular flexibility index (Phi) is 5.88. The third-order valence-electron chi connectivity index (χ3n) is 5.88. The number of fused-ring (bicyclic) bond motifs is 1. The van der Waals surface area contributed by atoms with Crippen LogP contribution in [-0.4, -0.2) is 18.8 Å². The number of carbonyl (C=O) groups excluding carboxylic acids is 2. The molecule has 0 fully saturated rings. The van der Waals surface area contributed by atoms with Gasteiger partial charge in [-0.25, -0.2) is 0 Å². The van der Waals surface area contributed by atoms with E-state index in [0.29, 0.717) is 24.2 Å². The van der Waals surface area contributed by atoms with Crippen molar-refractivity contribution in [3.8, 4) is 5.75 Å². The van der Waals surface area contributed by atoms with E-state index in [4.69, 9.17) is 4.74 Å². The first kappa shape index (κ1) is 20.2. The van der Waals surface area contributed by atoms with Crippen LogP contribution >= 0.6 is 0 Å². The number of unbranched alkanes of at least 4 members (excludes halogenated alkanes) is 1. The Morgan fingerprint density at radius 2 is 1.90 bits per heavy atom. The van der Waals surface area contributed by atoms with Crippen molar-refractivity contribution < 1.29 is 14.3 Å². The van der Waals surface area contributed by atoms with Crippen LogP contribution in [0.3, 0.4) is 0 Å². The molecule has 1 unspecified atom stereocenters. The molecule has 1 atom stereocenters. The smallest absolute Gasteiger partial charge is 0.227 e. The molecule has 156 valence electrons. The van der Waals surface area contributed by atoms with Crippen molar-refractivity contribution in [2.24, 2.45) is 0 Å². The van der Waals surface area contributed by atoms with Crippen molar-refractivity contribution in [1.82, 2.24) is 0 Å². The standard InChI is InChI=1S/C25H28N2O3/c1-3-4-16-23(29)27-20-13-7-6-11-18(20)26-19-12-9-14-21(28)24(19)25(27)17-10-5-8-15-22(17)30-2/h5-8,10-11,13,15,25-26H,3-4,9,12,14,16H2,1-2H3. The van der Waals surface area contributed by atoms with Crippen LogP contribution in [0.15, 0.2) is 59.8 Å². The SMILES string of the molecule is CCCCC(=O)N1c2ccccc2NC2=C(C(=O)CCC2)C1c1ccccc1OC. The molecule has 0 aromatic heterocycles. The van der Waals surface area contributed by atoms with Crippen LogP contribution < -0.4 is 15.0 Å². The van der Waals surface area contributed by atoms with Gasteiger partial charge in [0.25, 0.3) is 0 Å². The number of rotatable bonds is 5. The topological polar surface area (TPSA) is 58.6 Å². The van der Waals surface area contributed by atoms with E-state index in [2.05, 4.69) is 12.2 Å². The van der Waals surface area contributed by atoms with Gasteiger partial charge in [-0.2, -0.15) is 0 Å². The van der Waals surface area contributed by atoms with Crippen LogP contribution in [0.4, 0.5) is 11.4 Å². The predicted molar refractivity (Wildman–Crippen MR) is 119 cm³/mol. The number of nitrogens with zero attached hydrogens (tertiary/aromatic N) is 1. The molecule has 2 aromatic carbocycles. The number of para-hydroxylation sites is 3. The number of carbonyl (C=O) groups is 2.